The van der Waals surface area contributed by atoms with Gasteiger partial charge in [0.2, 0.25) is 11.8 Å². The predicted octanol–water partition coefficient (Wildman–Crippen LogP) is 4.34. The SMILES string of the molecule is CC(C)(C)C(=O)N1CCc2ccc(NC(=O)/C=C/c3cccs3)cc21. The molecule has 0 saturated heterocycles. The van der Waals surface area contributed by atoms with Crippen LogP contribution in [-0.2, 0) is 16.0 Å². The predicted molar refractivity (Wildman–Crippen MR) is 104 cm³/mol. The molecule has 1 aromatic carbocycles. The van der Waals surface area contributed by atoms with Gasteiger partial charge in [0.25, 0.3) is 0 Å². The molecule has 0 fully saturated rings. The Hall–Kier alpha value is -2.40. The largest absolute Gasteiger partial charge is 0.322 e. The van der Waals surface area contributed by atoms with Gasteiger partial charge in [0, 0.05) is 34.3 Å². The first-order chi connectivity index (χ1) is 11.8. The average molecular weight is 354 g/mol. The van der Waals surface area contributed by atoms with Gasteiger partial charge >= 0.3 is 0 Å². The molecule has 0 aliphatic carbocycles. The number of carbonyl (C=O) groups excluding carboxylic acids is 2. The number of hydrogen-bond acceptors (Lipinski definition) is 3. The summed E-state index contributed by atoms with van der Waals surface area (Å²) in [4.78, 5) is 27.6. The second-order valence-corrected chi connectivity index (χ2v) is 8.12. The van der Waals surface area contributed by atoms with Gasteiger partial charge in [0.15, 0.2) is 0 Å². The monoisotopic (exact) mass is 354 g/mol. The lowest BCUT2D eigenvalue weighted by Crippen LogP contribution is -2.38. The van der Waals surface area contributed by atoms with Crippen LogP contribution in [0.2, 0.25) is 0 Å². The average Bonchev–Trinajstić information content (AvgIpc) is 3.20. The molecule has 0 atom stereocenters. The van der Waals surface area contributed by atoms with E-state index in [9.17, 15) is 9.59 Å². The number of rotatable bonds is 3. The third-order valence-corrected chi connectivity index (χ3v) is 4.91. The van der Waals surface area contributed by atoms with Crippen molar-refractivity contribution in [2.75, 3.05) is 16.8 Å². The molecule has 2 aromatic rings. The molecule has 1 N–H and O–H groups in total. The molecular weight excluding hydrogens is 332 g/mol. The first kappa shape index (κ1) is 17.4. The number of anilines is 2. The van der Waals surface area contributed by atoms with Crippen LogP contribution < -0.4 is 10.2 Å². The third-order valence-electron chi connectivity index (χ3n) is 4.08. The molecule has 2 heterocycles. The molecule has 0 bridgehead atoms. The quantitative estimate of drug-likeness (QED) is 0.834. The van der Waals surface area contributed by atoms with Crippen LogP contribution in [0.4, 0.5) is 11.4 Å². The Kier molecular flexibility index (Phi) is 4.77. The van der Waals surface area contributed by atoms with Crippen molar-refractivity contribution in [3.63, 3.8) is 0 Å². The zero-order valence-corrected chi connectivity index (χ0v) is 15.5. The van der Waals surface area contributed by atoms with E-state index in [0.29, 0.717) is 12.2 Å². The smallest absolute Gasteiger partial charge is 0.248 e. The van der Waals surface area contributed by atoms with Crippen LogP contribution in [0.15, 0.2) is 41.8 Å². The maximum atomic E-state index is 12.6. The minimum absolute atomic E-state index is 0.104. The Balaban J connectivity index is 1.75. The van der Waals surface area contributed by atoms with Gasteiger partial charge < -0.3 is 10.2 Å². The standard InChI is InChI=1S/C20H22N2O2S/c1-20(2,3)19(24)22-11-10-14-6-7-15(13-17(14)22)21-18(23)9-8-16-5-4-12-25-16/h4-9,12-13H,10-11H2,1-3H3,(H,21,23)/b9-8+. The van der Waals surface area contributed by atoms with Gasteiger partial charge in [-0.2, -0.15) is 0 Å². The molecule has 5 heteroatoms. The van der Waals surface area contributed by atoms with E-state index in [1.54, 1.807) is 17.4 Å². The summed E-state index contributed by atoms with van der Waals surface area (Å²) in [5, 5.41) is 4.84. The number of nitrogens with zero attached hydrogens (tertiary/aromatic N) is 1. The van der Waals surface area contributed by atoms with Crippen molar-refractivity contribution < 1.29 is 9.59 Å². The highest BCUT2D eigenvalue weighted by Crippen LogP contribution is 2.34. The van der Waals surface area contributed by atoms with Crippen molar-refractivity contribution in [3.8, 4) is 0 Å². The fourth-order valence-electron chi connectivity index (χ4n) is 2.80. The van der Waals surface area contributed by atoms with E-state index in [0.717, 1.165) is 22.5 Å². The van der Waals surface area contributed by atoms with Crippen molar-refractivity contribution in [1.82, 2.24) is 0 Å². The third kappa shape index (κ3) is 3.99. The molecule has 0 saturated carbocycles. The Morgan fingerprint density at radius 2 is 2.04 bits per heavy atom. The highest BCUT2D eigenvalue weighted by atomic mass is 32.1. The first-order valence-corrected chi connectivity index (χ1v) is 9.20. The molecule has 0 radical (unpaired) electrons. The van der Waals surface area contributed by atoms with E-state index in [2.05, 4.69) is 5.32 Å². The van der Waals surface area contributed by atoms with Gasteiger partial charge in [-0.1, -0.05) is 32.9 Å². The molecular formula is C20H22N2O2S. The Morgan fingerprint density at radius 1 is 1.24 bits per heavy atom. The van der Waals surface area contributed by atoms with E-state index in [4.69, 9.17) is 0 Å². The van der Waals surface area contributed by atoms with Crippen LogP contribution >= 0.6 is 11.3 Å². The topological polar surface area (TPSA) is 49.4 Å². The summed E-state index contributed by atoms with van der Waals surface area (Å²) >= 11 is 1.58. The fourth-order valence-corrected chi connectivity index (χ4v) is 3.42. The number of fused-ring (bicyclic) bond motifs is 1. The fraction of sp³-hybridized carbons (Fsp3) is 0.300. The number of carbonyl (C=O) groups is 2. The zero-order chi connectivity index (χ0) is 18.0. The molecule has 1 aliphatic heterocycles. The molecule has 25 heavy (non-hydrogen) atoms. The Bertz CT molecular complexity index is 817. The van der Waals surface area contributed by atoms with Crippen molar-refractivity contribution in [1.29, 1.82) is 0 Å². The van der Waals surface area contributed by atoms with Gasteiger partial charge in [-0.3, -0.25) is 9.59 Å². The van der Waals surface area contributed by atoms with E-state index in [1.807, 2.05) is 61.4 Å². The molecule has 3 rings (SSSR count). The minimum Gasteiger partial charge on any atom is -0.322 e. The van der Waals surface area contributed by atoms with E-state index in [-0.39, 0.29) is 11.8 Å². The highest BCUT2D eigenvalue weighted by molar-refractivity contribution is 7.10. The maximum absolute atomic E-state index is 12.6. The van der Waals surface area contributed by atoms with Gasteiger partial charge in [-0.25, -0.2) is 0 Å². The van der Waals surface area contributed by atoms with Crippen LogP contribution in [-0.4, -0.2) is 18.4 Å². The van der Waals surface area contributed by atoms with E-state index < -0.39 is 5.41 Å². The number of benzene rings is 1. The van der Waals surface area contributed by atoms with Crippen molar-refractivity contribution in [3.05, 3.63) is 52.2 Å². The summed E-state index contributed by atoms with van der Waals surface area (Å²) in [5.74, 6) is -0.0765. The minimum atomic E-state index is -0.426. The van der Waals surface area contributed by atoms with Gasteiger partial charge in [-0.15, -0.1) is 11.3 Å². The van der Waals surface area contributed by atoms with Crippen LogP contribution in [0.3, 0.4) is 0 Å². The van der Waals surface area contributed by atoms with Crippen LogP contribution in [0.25, 0.3) is 6.08 Å². The summed E-state index contributed by atoms with van der Waals surface area (Å²) in [6, 6.07) is 9.68. The zero-order valence-electron chi connectivity index (χ0n) is 14.7. The summed E-state index contributed by atoms with van der Waals surface area (Å²) in [6.45, 7) is 6.47. The van der Waals surface area contributed by atoms with Gasteiger partial charge in [-0.05, 0) is 41.6 Å². The summed E-state index contributed by atoms with van der Waals surface area (Å²) in [6.07, 6.45) is 4.17. The van der Waals surface area contributed by atoms with Crippen molar-refractivity contribution in [2.45, 2.75) is 27.2 Å². The lowest BCUT2D eigenvalue weighted by molar-refractivity contribution is -0.125. The number of hydrogen-bond donors (Lipinski definition) is 1. The summed E-state index contributed by atoms with van der Waals surface area (Å²) in [5.41, 5.74) is 2.32. The molecule has 0 spiro atoms. The number of nitrogens with one attached hydrogen (secondary N) is 1. The second kappa shape index (κ2) is 6.84. The second-order valence-electron chi connectivity index (χ2n) is 7.14. The van der Waals surface area contributed by atoms with Crippen LogP contribution in [0, 0.1) is 5.41 Å². The summed E-state index contributed by atoms with van der Waals surface area (Å²) < 4.78 is 0. The highest BCUT2D eigenvalue weighted by Gasteiger charge is 2.32. The van der Waals surface area contributed by atoms with Crippen molar-refractivity contribution >= 4 is 40.6 Å². The molecule has 1 aromatic heterocycles. The van der Waals surface area contributed by atoms with E-state index >= 15 is 0 Å². The van der Waals surface area contributed by atoms with Crippen molar-refractivity contribution in [2.24, 2.45) is 5.41 Å². The number of amides is 2. The summed E-state index contributed by atoms with van der Waals surface area (Å²) in [7, 11) is 0. The van der Waals surface area contributed by atoms with Crippen LogP contribution in [0.1, 0.15) is 31.2 Å². The Labute approximate surface area is 152 Å². The Morgan fingerprint density at radius 3 is 2.72 bits per heavy atom. The normalized spacial score (nSPS) is 14.0. The number of thiophene rings is 1. The molecule has 2 amide bonds. The molecule has 0 unspecified atom stereocenters. The maximum Gasteiger partial charge on any atom is 0.248 e. The lowest BCUT2D eigenvalue weighted by Gasteiger charge is -2.26. The molecule has 1 aliphatic rings. The van der Waals surface area contributed by atoms with E-state index in [1.165, 1.54) is 6.08 Å². The van der Waals surface area contributed by atoms with Crippen LogP contribution in [0.5, 0.6) is 0 Å². The van der Waals surface area contributed by atoms with Gasteiger partial charge in [0.1, 0.15) is 0 Å². The molecule has 130 valence electrons. The molecule has 4 nitrogen and oxygen atoms in total. The van der Waals surface area contributed by atoms with Gasteiger partial charge in [0.05, 0.1) is 0 Å². The first-order valence-electron chi connectivity index (χ1n) is 8.32. The lowest BCUT2D eigenvalue weighted by atomic mass is 9.94.